The lowest BCUT2D eigenvalue weighted by molar-refractivity contribution is 0.0547. The van der Waals surface area contributed by atoms with Crippen molar-refractivity contribution in [1.82, 2.24) is 0 Å². The number of aromatic hydroxyl groups is 1. The molecule has 2 aromatic rings. The summed E-state index contributed by atoms with van der Waals surface area (Å²) >= 11 is 0. The molecule has 7 heteroatoms. The number of amides is 1. The van der Waals surface area contributed by atoms with Gasteiger partial charge in [0.2, 0.25) is 0 Å². The summed E-state index contributed by atoms with van der Waals surface area (Å²) in [6.45, 7) is 5.33. The number of methoxy groups -OCH3 is 1. The van der Waals surface area contributed by atoms with E-state index in [0.29, 0.717) is 22.0 Å². The van der Waals surface area contributed by atoms with Gasteiger partial charge in [-0.05, 0) is 37.8 Å². The number of hydrogen-bond acceptors (Lipinski definition) is 6. The summed E-state index contributed by atoms with van der Waals surface area (Å²) in [5, 5.41) is 21.8. The second-order valence-electron chi connectivity index (χ2n) is 7.56. The Hall–Kier alpha value is -2.80. The van der Waals surface area contributed by atoms with Crippen LogP contribution < -0.4 is 4.90 Å². The van der Waals surface area contributed by atoms with Crippen LogP contribution in [0.5, 0.6) is 5.75 Å². The molecule has 27 heavy (non-hydrogen) atoms. The van der Waals surface area contributed by atoms with E-state index in [-0.39, 0.29) is 24.3 Å². The Labute approximate surface area is 157 Å². The Bertz CT molecular complexity index is 915. The van der Waals surface area contributed by atoms with E-state index in [0.717, 1.165) is 0 Å². The van der Waals surface area contributed by atoms with Crippen LogP contribution in [0, 0.1) is 0 Å². The highest BCUT2D eigenvalue weighted by atomic mass is 16.6. The van der Waals surface area contributed by atoms with Crippen LogP contribution in [0.4, 0.5) is 10.5 Å². The summed E-state index contributed by atoms with van der Waals surface area (Å²) in [5.74, 6) is -0.717. The van der Waals surface area contributed by atoms with Crippen LogP contribution in [0.15, 0.2) is 24.3 Å². The maximum absolute atomic E-state index is 12.6. The molecule has 3 rings (SSSR count). The number of phenols is 1. The first-order valence-corrected chi connectivity index (χ1v) is 8.67. The van der Waals surface area contributed by atoms with Gasteiger partial charge in [0.15, 0.2) is 0 Å². The molecule has 144 valence electrons. The molecule has 7 nitrogen and oxygen atoms in total. The van der Waals surface area contributed by atoms with E-state index in [9.17, 15) is 19.8 Å². The van der Waals surface area contributed by atoms with Crippen molar-refractivity contribution in [3.63, 3.8) is 0 Å². The lowest BCUT2D eigenvalue weighted by Gasteiger charge is -2.34. The zero-order valence-electron chi connectivity index (χ0n) is 15.8. The molecule has 0 saturated carbocycles. The Morgan fingerprint density at radius 3 is 2.59 bits per heavy atom. The molecule has 2 aromatic carbocycles. The van der Waals surface area contributed by atoms with Crippen molar-refractivity contribution in [2.45, 2.75) is 38.9 Å². The van der Waals surface area contributed by atoms with Gasteiger partial charge in [0.1, 0.15) is 11.4 Å². The van der Waals surface area contributed by atoms with Crippen molar-refractivity contribution in [2.24, 2.45) is 0 Å². The van der Waals surface area contributed by atoms with Crippen molar-refractivity contribution in [1.29, 1.82) is 0 Å². The number of anilines is 1. The highest BCUT2D eigenvalue weighted by Crippen LogP contribution is 2.41. The van der Waals surface area contributed by atoms with Crippen LogP contribution in [-0.4, -0.2) is 47.6 Å². The van der Waals surface area contributed by atoms with E-state index in [4.69, 9.17) is 9.47 Å². The van der Waals surface area contributed by atoms with E-state index < -0.39 is 23.8 Å². The molecule has 0 bridgehead atoms. The zero-order valence-corrected chi connectivity index (χ0v) is 15.8. The van der Waals surface area contributed by atoms with Crippen LogP contribution in [0.3, 0.4) is 0 Å². The molecule has 0 spiro atoms. The predicted molar refractivity (Wildman–Crippen MR) is 100 cm³/mol. The van der Waals surface area contributed by atoms with Gasteiger partial charge < -0.3 is 19.7 Å². The SMILES string of the molecule is COC(=O)c1cccc2c3c(cc(O)c12)N(C(=O)OC(C)(C)C)CC(O)C3. The van der Waals surface area contributed by atoms with Gasteiger partial charge in [-0.25, -0.2) is 9.59 Å². The number of benzene rings is 2. The van der Waals surface area contributed by atoms with Crippen LogP contribution in [0.2, 0.25) is 0 Å². The van der Waals surface area contributed by atoms with Gasteiger partial charge >= 0.3 is 12.1 Å². The van der Waals surface area contributed by atoms with E-state index in [2.05, 4.69) is 0 Å². The smallest absolute Gasteiger partial charge is 0.414 e. The third-order valence-electron chi connectivity index (χ3n) is 4.37. The molecule has 2 N–H and O–H groups in total. The van der Waals surface area contributed by atoms with Crippen molar-refractivity contribution in [3.05, 3.63) is 35.4 Å². The Kier molecular flexibility index (Phi) is 4.73. The largest absolute Gasteiger partial charge is 0.507 e. The third kappa shape index (κ3) is 3.55. The van der Waals surface area contributed by atoms with Gasteiger partial charge in [-0.1, -0.05) is 12.1 Å². The average molecular weight is 373 g/mol. The monoisotopic (exact) mass is 373 g/mol. The number of rotatable bonds is 1. The summed E-state index contributed by atoms with van der Waals surface area (Å²) < 4.78 is 10.2. The molecular formula is C20H23NO6. The fourth-order valence-electron chi connectivity index (χ4n) is 3.34. The van der Waals surface area contributed by atoms with Crippen molar-refractivity contribution < 1.29 is 29.3 Å². The van der Waals surface area contributed by atoms with Gasteiger partial charge in [-0.15, -0.1) is 0 Å². The first-order chi connectivity index (χ1) is 12.6. The van der Waals surface area contributed by atoms with E-state index in [1.54, 1.807) is 39.0 Å². The number of fused-ring (bicyclic) bond motifs is 3. The number of aliphatic hydroxyl groups excluding tert-OH is 1. The maximum Gasteiger partial charge on any atom is 0.414 e. The molecule has 0 radical (unpaired) electrons. The second kappa shape index (κ2) is 6.74. The van der Waals surface area contributed by atoms with Crippen molar-refractivity contribution in [3.8, 4) is 5.75 Å². The summed E-state index contributed by atoms with van der Waals surface area (Å²) in [4.78, 5) is 26.0. The van der Waals surface area contributed by atoms with Crippen molar-refractivity contribution >= 4 is 28.5 Å². The number of carbonyl (C=O) groups is 2. The van der Waals surface area contributed by atoms with E-state index in [1.807, 2.05) is 0 Å². The number of ether oxygens (including phenoxy) is 2. The van der Waals surface area contributed by atoms with Gasteiger partial charge in [-0.2, -0.15) is 0 Å². The number of nitrogens with zero attached hydrogens (tertiary/aromatic N) is 1. The summed E-state index contributed by atoms with van der Waals surface area (Å²) in [7, 11) is 1.27. The number of carbonyl (C=O) groups excluding carboxylic acids is 2. The number of aliphatic hydroxyl groups is 1. The minimum atomic E-state index is -0.792. The van der Waals surface area contributed by atoms with E-state index >= 15 is 0 Å². The Morgan fingerprint density at radius 1 is 1.26 bits per heavy atom. The Balaban J connectivity index is 2.20. The average Bonchev–Trinajstić information content (AvgIpc) is 2.59. The van der Waals surface area contributed by atoms with Crippen LogP contribution in [0.25, 0.3) is 10.8 Å². The van der Waals surface area contributed by atoms with Gasteiger partial charge in [0, 0.05) is 17.9 Å². The highest BCUT2D eigenvalue weighted by molar-refractivity contribution is 6.10. The molecule has 1 amide bonds. The summed E-state index contributed by atoms with van der Waals surface area (Å²) in [6, 6.07) is 6.41. The van der Waals surface area contributed by atoms with Crippen LogP contribution in [0.1, 0.15) is 36.7 Å². The molecule has 1 aliphatic rings. The molecule has 1 unspecified atom stereocenters. The lowest BCUT2D eigenvalue weighted by atomic mass is 9.91. The minimum Gasteiger partial charge on any atom is -0.507 e. The maximum atomic E-state index is 12.6. The molecule has 0 aliphatic carbocycles. The number of hydrogen-bond donors (Lipinski definition) is 2. The molecular weight excluding hydrogens is 350 g/mol. The molecule has 0 aromatic heterocycles. The third-order valence-corrected chi connectivity index (χ3v) is 4.37. The molecule has 0 fully saturated rings. The summed E-state index contributed by atoms with van der Waals surface area (Å²) in [5.41, 5.74) is 0.648. The first kappa shape index (κ1) is 19.0. The van der Waals surface area contributed by atoms with Gasteiger partial charge in [0.25, 0.3) is 0 Å². The first-order valence-electron chi connectivity index (χ1n) is 8.67. The van der Waals surface area contributed by atoms with Crippen LogP contribution >= 0.6 is 0 Å². The topological polar surface area (TPSA) is 96.3 Å². The van der Waals surface area contributed by atoms with Gasteiger partial charge in [-0.3, -0.25) is 4.90 Å². The number of β-amino-alcohol motifs (C(OH)–C–C–N with tert-alkyl or cyclic N) is 1. The standard InChI is InChI=1S/C20H23NO6/c1-20(2,3)27-19(25)21-10-11(22)8-14-12-6-5-7-13(18(24)26-4)17(12)16(23)9-15(14)21/h5-7,9,11,22-23H,8,10H2,1-4H3. The van der Waals surface area contributed by atoms with Crippen molar-refractivity contribution in [2.75, 3.05) is 18.6 Å². The Morgan fingerprint density at radius 2 is 1.96 bits per heavy atom. The highest BCUT2D eigenvalue weighted by Gasteiger charge is 2.33. The number of phenolic OH excluding ortho intramolecular Hbond substituents is 1. The molecule has 1 aliphatic heterocycles. The quantitative estimate of drug-likeness (QED) is 0.746. The number of esters is 1. The fraction of sp³-hybridized carbons (Fsp3) is 0.400. The molecule has 1 atom stereocenters. The van der Waals surface area contributed by atoms with E-state index in [1.165, 1.54) is 18.1 Å². The van der Waals surface area contributed by atoms with Gasteiger partial charge in [0.05, 0.1) is 31.0 Å². The fourth-order valence-corrected chi connectivity index (χ4v) is 3.34. The lowest BCUT2D eigenvalue weighted by Crippen LogP contribution is -2.45. The molecule has 0 saturated heterocycles. The second-order valence-corrected chi connectivity index (χ2v) is 7.56. The minimum absolute atomic E-state index is 0.0591. The normalized spacial score (nSPS) is 16.8. The van der Waals surface area contributed by atoms with Crippen LogP contribution in [-0.2, 0) is 15.9 Å². The molecule has 1 heterocycles. The summed E-state index contributed by atoms with van der Waals surface area (Å²) in [6.07, 6.45) is -1.11. The predicted octanol–water partition coefficient (Wildman–Crippen LogP) is 2.99. The zero-order chi connectivity index (χ0) is 19.9.